The van der Waals surface area contributed by atoms with Gasteiger partial charge in [0.15, 0.2) is 0 Å². The van der Waals surface area contributed by atoms with Gasteiger partial charge in [-0.3, -0.25) is 0 Å². The Morgan fingerprint density at radius 2 is 2.50 bits per heavy atom. The van der Waals surface area contributed by atoms with E-state index in [2.05, 4.69) is 20.3 Å². The maximum absolute atomic E-state index is 5.31. The quantitative estimate of drug-likeness (QED) is 0.562. The number of hydrogen-bond donors (Lipinski definition) is 2. The van der Waals surface area contributed by atoms with Crippen LogP contribution in [-0.4, -0.2) is 36.8 Å². The second kappa shape index (κ2) is 5.09. The Bertz CT molecular complexity index is 346. The maximum atomic E-state index is 5.31. The molecular formula is C10H17N5O. The average Bonchev–Trinajstić information content (AvgIpc) is 2.78. The fourth-order valence-electron chi connectivity index (χ4n) is 2.01. The molecule has 0 aliphatic carbocycles. The molecule has 16 heavy (non-hydrogen) atoms. The molecule has 6 heteroatoms. The minimum absolute atomic E-state index is 0.592. The summed E-state index contributed by atoms with van der Waals surface area (Å²) in [5.74, 6) is 7.46. The maximum Gasteiger partial charge on any atom is 0.145 e. The number of anilines is 2. The molecule has 0 aromatic carbocycles. The van der Waals surface area contributed by atoms with Gasteiger partial charge in [0, 0.05) is 32.2 Å². The highest BCUT2D eigenvalue weighted by molar-refractivity contribution is 5.48. The van der Waals surface area contributed by atoms with Crippen LogP contribution in [0.4, 0.5) is 11.6 Å². The van der Waals surface area contributed by atoms with Gasteiger partial charge in [-0.05, 0) is 6.42 Å². The van der Waals surface area contributed by atoms with Gasteiger partial charge in [0.2, 0.25) is 0 Å². The number of nitrogens with one attached hydrogen (secondary N) is 1. The third-order valence-corrected chi connectivity index (χ3v) is 2.81. The van der Waals surface area contributed by atoms with Crippen molar-refractivity contribution < 1.29 is 4.74 Å². The lowest BCUT2D eigenvalue weighted by molar-refractivity contribution is 0.161. The third-order valence-electron chi connectivity index (χ3n) is 2.81. The predicted molar refractivity (Wildman–Crippen MR) is 62.0 cm³/mol. The Kier molecular flexibility index (Phi) is 3.53. The fourth-order valence-corrected chi connectivity index (χ4v) is 2.01. The largest absolute Gasteiger partial charge is 0.384 e. The lowest BCUT2D eigenvalue weighted by atomic mass is 10.1. The molecule has 1 atom stereocenters. The van der Waals surface area contributed by atoms with Gasteiger partial charge in [-0.15, -0.1) is 0 Å². The molecule has 1 aliphatic rings. The smallest absolute Gasteiger partial charge is 0.145 e. The molecule has 3 N–H and O–H groups in total. The van der Waals surface area contributed by atoms with E-state index in [0.29, 0.717) is 11.7 Å². The number of nitrogens with zero attached hydrogens (tertiary/aromatic N) is 3. The Morgan fingerprint density at radius 1 is 1.62 bits per heavy atom. The zero-order chi connectivity index (χ0) is 11.4. The molecule has 1 aromatic rings. The van der Waals surface area contributed by atoms with E-state index in [1.807, 2.05) is 6.07 Å². The van der Waals surface area contributed by atoms with E-state index in [0.717, 1.165) is 31.9 Å². The molecule has 0 saturated carbocycles. The minimum atomic E-state index is 0.592. The first-order valence-electron chi connectivity index (χ1n) is 5.36. The van der Waals surface area contributed by atoms with Crippen LogP contribution in [0, 0.1) is 5.92 Å². The molecule has 1 unspecified atom stereocenters. The van der Waals surface area contributed by atoms with E-state index in [4.69, 9.17) is 10.6 Å². The molecule has 1 saturated heterocycles. The van der Waals surface area contributed by atoms with Crippen LogP contribution >= 0.6 is 0 Å². The van der Waals surface area contributed by atoms with Crippen LogP contribution in [0.3, 0.4) is 0 Å². The van der Waals surface area contributed by atoms with Gasteiger partial charge in [0.25, 0.3) is 0 Å². The Labute approximate surface area is 94.8 Å². The van der Waals surface area contributed by atoms with Gasteiger partial charge >= 0.3 is 0 Å². The summed E-state index contributed by atoms with van der Waals surface area (Å²) in [6.45, 7) is 2.80. The van der Waals surface area contributed by atoms with Crippen molar-refractivity contribution in [2.45, 2.75) is 6.42 Å². The first-order valence-corrected chi connectivity index (χ1v) is 5.36. The monoisotopic (exact) mass is 223 g/mol. The minimum Gasteiger partial charge on any atom is -0.384 e. The number of nitrogens with two attached hydrogens (primary N) is 1. The summed E-state index contributed by atoms with van der Waals surface area (Å²) in [5.41, 5.74) is 2.52. The van der Waals surface area contributed by atoms with Crippen LogP contribution in [0.5, 0.6) is 0 Å². The third kappa shape index (κ3) is 2.40. The van der Waals surface area contributed by atoms with E-state index >= 15 is 0 Å². The Balaban J connectivity index is 2.02. The second-order valence-corrected chi connectivity index (χ2v) is 3.96. The number of hydrazine groups is 1. The molecule has 2 rings (SSSR count). The fraction of sp³-hybridized carbons (Fsp3) is 0.600. The molecule has 88 valence electrons. The number of ether oxygens (including phenoxy) is 1. The van der Waals surface area contributed by atoms with Gasteiger partial charge in [-0.25, -0.2) is 15.8 Å². The van der Waals surface area contributed by atoms with Crippen LogP contribution in [0.1, 0.15) is 6.42 Å². The number of rotatable bonds is 4. The average molecular weight is 223 g/mol. The molecule has 0 spiro atoms. The summed E-state index contributed by atoms with van der Waals surface area (Å²) in [6, 6.07) is 1.86. The summed E-state index contributed by atoms with van der Waals surface area (Å²) < 4.78 is 5.16. The predicted octanol–water partition coefficient (Wildman–Crippen LogP) is 0.235. The normalized spacial score (nSPS) is 20.1. The Morgan fingerprint density at radius 3 is 3.25 bits per heavy atom. The van der Waals surface area contributed by atoms with Gasteiger partial charge in [-0.2, -0.15) is 0 Å². The summed E-state index contributed by atoms with van der Waals surface area (Å²) in [6.07, 6.45) is 2.66. The molecule has 0 bridgehead atoms. The van der Waals surface area contributed by atoms with E-state index in [-0.39, 0.29) is 0 Å². The van der Waals surface area contributed by atoms with Crippen LogP contribution in [0.15, 0.2) is 12.4 Å². The zero-order valence-electron chi connectivity index (χ0n) is 9.39. The molecule has 1 aliphatic heterocycles. The summed E-state index contributed by atoms with van der Waals surface area (Å²) in [4.78, 5) is 10.5. The van der Waals surface area contributed by atoms with Gasteiger partial charge < -0.3 is 15.1 Å². The topological polar surface area (TPSA) is 76.3 Å². The lowest BCUT2D eigenvalue weighted by Crippen LogP contribution is -2.22. The first-order chi connectivity index (χ1) is 7.83. The first kappa shape index (κ1) is 11.1. The molecular weight excluding hydrogens is 206 g/mol. The number of aromatic nitrogens is 2. The highest BCUT2D eigenvalue weighted by Crippen LogP contribution is 2.22. The number of hydrogen-bond acceptors (Lipinski definition) is 6. The van der Waals surface area contributed by atoms with Crippen molar-refractivity contribution in [2.24, 2.45) is 11.8 Å². The van der Waals surface area contributed by atoms with Crippen LogP contribution < -0.4 is 16.2 Å². The summed E-state index contributed by atoms with van der Waals surface area (Å²) >= 11 is 0. The number of methoxy groups -OCH3 is 1. The molecule has 6 nitrogen and oxygen atoms in total. The van der Waals surface area contributed by atoms with E-state index in [1.165, 1.54) is 6.33 Å². The molecule has 0 amide bonds. The molecule has 1 aromatic heterocycles. The van der Waals surface area contributed by atoms with E-state index in [1.54, 1.807) is 7.11 Å². The molecule has 1 fully saturated rings. The van der Waals surface area contributed by atoms with E-state index < -0.39 is 0 Å². The number of nitrogen functional groups attached to an aromatic ring is 1. The zero-order valence-corrected chi connectivity index (χ0v) is 9.39. The Hall–Kier alpha value is -1.40. The SMILES string of the molecule is COCC1CCN(c2cc(NN)ncn2)C1. The van der Waals surface area contributed by atoms with Crippen LogP contribution in [-0.2, 0) is 4.74 Å². The van der Waals surface area contributed by atoms with Crippen LogP contribution in [0.2, 0.25) is 0 Å². The van der Waals surface area contributed by atoms with Crippen LogP contribution in [0.25, 0.3) is 0 Å². The van der Waals surface area contributed by atoms with Crippen molar-refractivity contribution in [1.82, 2.24) is 9.97 Å². The van der Waals surface area contributed by atoms with Crippen molar-refractivity contribution in [3.8, 4) is 0 Å². The lowest BCUT2D eigenvalue weighted by Gasteiger charge is -2.17. The van der Waals surface area contributed by atoms with Gasteiger partial charge in [0.1, 0.15) is 18.0 Å². The molecule has 2 heterocycles. The van der Waals surface area contributed by atoms with E-state index in [9.17, 15) is 0 Å². The highest BCUT2D eigenvalue weighted by atomic mass is 16.5. The van der Waals surface area contributed by atoms with Crippen molar-refractivity contribution >= 4 is 11.6 Å². The van der Waals surface area contributed by atoms with Gasteiger partial charge in [0.05, 0.1) is 6.61 Å². The second-order valence-electron chi connectivity index (χ2n) is 3.96. The van der Waals surface area contributed by atoms with Gasteiger partial charge in [-0.1, -0.05) is 0 Å². The molecule has 0 radical (unpaired) electrons. The van der Waals surface area contributed by atoms with Crippen molar-refractivity contribution in [1.29, 1.82) is 0 Å². The van der Waals surface area contributed by atoms with Crippen molar-refractivity contribution in [3.63, 3.8) is 0 Å². The highest BCUT2D eigenvalue weighted by Gasteiger charge is 2.23. The standard InChI is InChI=1S/C10H17N5O/c1-16-6-8-2-3-15(5-8)10-4-9(14-11)12-7-13-10/h4,7-8H,2-3,5-6,11H2,1H3,(H,12,13,14). The summed E-state index contributed by atoms with van der Waals surface area (Å²) in [7, 11) is 1.74. The summed E-state index contributed by atoms with van der Waals surface area (Å²) in [5, 5.41) is 0. The van der Waals surface area contributed by atoms with Crippen molar-refractivity contribution in [2.75, 3.05) is 37.1 Å². The van der Waals surface area contributed by atoms with Crippen molar-refractivity contribution in [3.05, 3.63) is 12.4 Å².